The van der Waals surface area contributed by atoms with Crippen LogP contribution < -0.4 is 10.2 Å². The van der Waals surface area contributed by atoms with Crippen LogP contribution in [0.15, 0.2) is 24.3 Å². The molecule has 0 spiro atoms. The molecule has 6 heteroatoms. The molecule has 3 rings (SSSR count). The van der Waals surface area contributed by atoms with Gasteiger partial charge in [0.25, 0.3) is 0 Å². The lowest BCUT2D eigenvalue weighted by molar-refractivity contribution is -0.131. The number of carbonyl (C=O) groups excluding carboxylic acids is 2. The van der Waals surface area contributed by atoms with Crippen LogP contribution in [0.25, 0.3) is 0 Å². The second-order valence-corrected chi connectivity index (χ2v) is 5.68. The monoisotopic (exact) mass is 306 g/mol. The number of halogens is 1. The molecule has 0 saturated carbocycles. The molecule has 118 valence electrons. The Hall–Kier alpha value is -1.95. The van der Waals surface area contributed by atoms with Crippen LogP contribution in [-0.4, -0.2) is 37.6 Å². The zero-order valence-electron chi connectivity index (χ0n) is 12.3. The van der Waals surface area contributed by atoms with E-state index in [2.05, 4.69) is 5.32 Å². The molecule has 5 nitrogen and oxygen atoms in total. The number of para-hydroxylation sites is 1. The van der Waals surface area contributed by atoms with E-state index in [4.69, 9.17) is 4.74 Å². The second kappa shape index (κ2) is 6.44. The summed E-state index contributed by atoms with van der Waals surface area (Å²) in [6.45, 7) is 1.58. The molecule has 1 unspecified atom stereocenters. The van der Waals surface area contributed by atoms with Crippen LogP contribution >= 0.6 is 0 Å². The summed E-state index contributed by atoms with van der Waals surface area (Å²) >= 11 is 0. The summed E-state index contributed by atoms with van der Waals surface area (Å²) in [5.74, 6) is -0.862. The van der Waals surface area contributed by atoms with Crippen LogP contribution in [0.3, 0.4) is 0 Å². The Balaban J connectivity index is 1.64. The number of amides is 2. The summed E-state index contributed by atoms with van der Waals surface area (Å²) in [4.78, 5) is 26.0. The minimum Gasteiger partial charge on any atom is -0.381 e. The zero-order valence-corrected chi connectivity index (χ0v) is 12.3. The third-order valence-corrected chi connectivity index (χ3v) is 4.26. The first-order valence-corrected chi connectivity index (χ1v) is 7.61. The van der Waals surface area contributed by atoms with Gasteiger partial charge in [0.05, 0.1) is 5.69 Å². The maximum atomic E-state index is 13.8. The largest absolute Gasteiger partial charge is 0.381 e. The van der Waals surface area contributed by atoms with Gasteiger partial charge in [0.2, 0.25) is 11.8 Å². The fourth-order valence-electron chi connectivity index (χ4n) is 2.97. The molecule has 0 aliphatic carbocycles. The molecule has 1 aromatic carbocycles. The molecule has 0 radical (unpaired) electrons. The fourth-order valence-corrected chi connectivity index (χ4v) is 2.97. The average molecular weight is 306 g/mol. The maximum Gasteiger partial charge on any atom is 0.249 e. The third kappa shape index (κ3) is 2.97. The van der Waals surface area contributed by atoms with Crippen molar-refractivity contribution in [2.75, 3.05) is 24.7 Å². The summed E-state index contributed by atoms with van der Waals surface area (Å²) in [6.07, 6.45) is 1.87. The van der Waals surface area contributed by atoms with Crippen LogP contribution in [-0.2, 0) is 14.3 Å². The van der Waals surface area contributed by atoms with Gasteiger partial charge in [-0.2, -0.15) is 0 Å². The number of carbonyl (C=O) groups is 2. The van der Waals surface area contributed by atoms with Crippen molar-refractivity contribution in [2.24, 2.45) is 5.92 Å². The normalized spacial score (nSPS) is 22.9. The van der Waals surface area contributed by atoms with Crippen molar-refractivity contribution >= 4 is 17.5 Å². The Labute approximate surface area is 128 Å². The number of anilines is 1. The number of ether oxygens (including phenoxy) is 1. The molecule has 0 aromatic heterocycles. The van der Waals surface area contributed by atoms with Crippen molar-refractivity contribution in [3.63, 3.8) is 0 Å². The molecule has 2 amide bonds. The Morgan fingerprint density at radius 3 is 2.68 bits per heavy atom. The molecule has 1 N–H and O–H groups in total. The highest BCUT2D eigenvalue weighted by Gasteiger charge is 2.36. The van der Waals surface area contributed by atoms with Gasteiger partial charge >= 0.3 is 0 Å². The lowest BCUT2D eigenvalue weighted by atomic mass is 9.99. The van der Waals surface area contributed by atoms with Gasteiger partial charge in [-0.15, -0.1) is 0 Å². The summed E-state index contributed by atoms with van der Waals surface area (Å²) in [6, 6.07) is 5.63. The molecule has 1 aromatic rings. The fraction of sp³-hybridized carbons (Fsp3) is 0.500. The van der Waals surface area contributed by atoms with Gasteiger partial charge in [-0.25, -0.2) is 4.39 Å². The van der Waals surface area contributed by atoms with Gasteiger partial charge in [0, 0.05) is 25.7 Å². The van der Waals surface area contributed by atoms with Crippen LogP contribution in [0.1, 0.15) is 19.3 Å². The number of nitrogens with zero attached hydrogens (tertiary/aromatic N) is 1. The lowest BCUT2D eigenvalue weighted by Gasteiger charge is -2.23. The zero-order chi connectivity index (χ0) is 15.5. The first-order valence-electron chi connectivity index (χ1n) is 7.61. The first kappa shape index (κ1) is 15.0. The highest BCUT2D eigenvalue weighted by Crippen LogP contribution is 2.25. The second-order valence-electron chi connectivity index (χ2n) is 5.68. The molecule has 2 fully saturated rings. The smallest absolute Gasteiger partial charge is 0.249 e. The van der Waals surface area contributed by atoms with Crippen molar-refractivity contribution in [3.8, 4) is 0 Å². The predicted molar refractivity (Wildman–Crippen MR) is 78.8 cm³/mol. The molecule has 2 heterocycles. The highest BCUT2D eigenvalue weighted by molar-refractivity contribution is 6.01. The number of rotatable bonds is 3. The van der Waals surface area contributed by atoms with Gasteiger partial charge < -0.3 is 15.0 Å². The van der Waals surface area contributed by atoms with Crippen LogP contribution in [0.5, 0.6) is 0 Å². The summed E-state index contributed by atoms with van der Waals surface area (Å²) in [5, 5.41) is 2.81. The van der Waals surface area contributed by atoms with Crippen LogP contribution in [0.4, 0.5) is 10.1 Å². The molecule has 22 heavy (non-hydrogen) atoms. The topological polar surface area (TPSA) is 58.6 Å². The molecule has 0 bridgehead atoms. The SMILES string of the molecule is O=C(NC1CCN(c2ccccc2F)C1=O)C1CCOCC1. The van der Waals surface area contributed by atoms with Gasteiger partial charge in [-0.1, -0.05) is 12.1 Å². The molecule has 2 saturated heterocycles. The number of hydrogen-bond acceptors (Lipinski definition) is 3. The molecule has 1 atom stereocenters. The van der Waals surface area contributed by atoms with Gasteiger partial charge in [0.15, 0.2) is 0 Å². The van der Waals surface area contributed by atoms with Gasteiger partial charge in [-0.05, 0) is 31.4 Å². The molecular weight excluding hydrogens is 287 g/mol. The lowest BCUT2D eigenvalue weighted by Crippen LogP contribution is -2.45. The quantitative estimate of drug-likeness (QED) is 0.920. The number of benzene rings is 1. The van der Waals surface area contributed by atoms with E-state index >= 15 is 0 Å². The summed E-state index contributed by atoms with van der Waals surface area (Å²) in [7, 11) is 0. The Kier molecular flexibility index (Phi) is 4.38. The van der Waals surface area contributed by atoms with Crippen LogP contribution in [0, 0.1) is 11.7 Å². The first-order chi connectivity index (χ1) is 10.7. The highest BCUT2D eigenvalue weighted by atomic mass is 19.1. The Morgan fingerprint density at radius 1 is 1.23 bits per heavy atom. The maximum absolute atomic E-state index is 13.8. The summed E-state index contributed by atoms with van der Waals surface area (Å²) < 4.78 is 19.0. The Morgan fingerprint density at radius 2 is 1.95 bits per heavy atom. The third-order valence-electron chi connectivity index (χ3n) is 4.26. The van der Waals surface area contributed by atoms with E-state index in [0.29, 0.717) is 39.0 Å². The van der Waals surface area contributed by atoms with Crippen molar-refractivity contribution in [3.05, 3.63) is 30.1 Å². The van der Waals surface area contributed by atoms with Crippen LogP contribution in [0.2, 0.25) is 0 Å². The predicted octanol–water partition coefficient (Wildman–Crippen LogP) is 1.47. The van der Waals surface area contributed by atoms with Crippen molar-refractivity contribution in [2.45, 2.75) is 25.3 Å². The van der Waals surface area contributed by atoms with E-state index in [9.17, 15) is 14.0 Å². The van der Waals surface area contributed by atoms with E-state index < -0.39 is 11.9 Å². The Bertz CT molecular complexity index is 572. The van der Waals surface area contributed by atoms with Crippen molar-refractivity contribution < 1.29 is 18.7 Å². The van der Waals surface area contributed by atoms with Gasteiger partial charge in [-0.3, -0.25) is 9.59 Å². The van der Waals surface area contributed by atoms with E-state index in [0.717, 1.165) is 0 Å². The number of nitrogens with one attached hydrogen (secondary N) is 1. The van der Waals surface area contributed by atoms with E-state index in [1.807, 2.05) is 0 Å². The van der Waals surface area contributed by atoms with Crippen molar-refractivity contribution in [1.29, 1.82) is 0 Å². The minimum atomic E-state index is -0.560. The molecule has 2 aliphatic rings. The minimum absolute atomic E-state index is 0.0935. The van der Waals surface area contributed by atoms with E-state index in [1.165, 1.54) is 11.0 Å². The standard InChI is InChI=1S/C16H19FN2O3/c17-12-3-1-2-4-14(12)19-8-5-13(16(19)21)18-15(20)11-6-9-22-10-7-11/h1-4,11,13H,5-10H2,(H,18,20). The summed E-state index contributed by atoms with van der Waals surface area (Å²) in [5.41, 5.74) is 0.273. The average Bonchev–Trinajstić information content (AvgIpc) is 2.90. The van der Waals surface area contributed by atoms with Crippen molar-refractivity contribution in [1.82, 2.24) is 5.32 Å². The molecule has 2 aliphatic heterocycles. The van der Waals surface area contributed by atoms with E-state index in [-0.39, 0.29) is 23.4 Å². The molecular formula is C16H19FN2O3. The van der Waals surface area contributed by atoms with E-state index in [1.54, 1.807) is 18.2 Å². The van der Waals surface area contributed by atoms with Gasteiger partial charge in [0.1, 0.15) is 11.9 Å². The number of hydrogen-bond donors (Lipinski definition) is 1.